The highest BCUT2D eigenvalue weighted by Gasteiger charge is 2.26. The molecule has 0 amide bonds. The van der Waals surface area contributed by atoms with Gasteiger partial charge in [0, 0.05) is 18.3 Å². The number of aryl methyl sites for hydroxylation is 1. The van der Waals surface area contributed by atoms with Crippen molar-refractivity contribution in [1.29, 1.82) is 0 Å². The maximum Gasteiger partial charge on any atom is 0.0776 e. The molecule has 0 radical (unpaired) electrons. The van der Waals surface area contributed by atoms with E-state index in [0.717, 1.165) is 36.1 Å². The Balaban J connectivity index is 1.86. The van der Waals surface area contributed by atoms with Gasteiger partial charge in [-0.15, -0.1) is 0 Å². The number of hydrogen-bond donors (Lipinski definition) is 1. The van der Waals surface area contributed by atoms with Crippen LogP contribution in [0.1, 0.15) is 38.1 Å². The van der Waals surface area contributed by atoms with Gasteiger partial charge in [0.05, 0.1) is 28.9 Å². The average Bonchev–Trinajstić information content (AvgIpc) is 2.89. The molecule has 0 spiro atoms. The van der Waals surface area contributed by atoms with Gasteiger partial charge in [-0.05, 0) is 42.6 Å². The van der Waals surface area contributed by atoms with Crippen LogP contribution in [0.3, 0.4) is 0 Å². The first kappa shape index (κ1) is 15.0. The molecule has 1 saturated heterocycles. The lowest BCUT2D eigenvalue weighted by atomic mass is 10.2. The van der Waals surface area contributed by atoms with Crippen molar-refractivity contribution in [3.8, 4) is 0 Å². The first-order valence-corrected chi connectivity index (χ1v) is 7.85. The van der Waals surface area contributed by atoms with Crippen molar-refractivity contribution in [3.05, 3.63) is 15.9 Å². The van der Waals surface area contributed by atoms with E-state index in [1.807, 2.05) is 6.92 Å². The Bertz CT molecular complexity index is 431. The van der Waals surface area contributed by atoms with Gasteiger partial charge in [0.15, 0.2) is 0 Å². The molecule has 5 heteroatoms. The predicted molar refractivity (Wildman–Crippen MR) is 80.4 cm³/mol. The fourth-order valence-electron chi connectivity index (χ4n) is 2.48. The minimum Gasteiger partial charge on any atom is -0.372 e. The van der Waals surface area contributed by atoms with Crippen LogP contribution in [-0.2, 0) is 11.3 Å². The zero-order valence-electron chi connectivity index (χ0n) is 12.2. The van der Waals surface area contributed by atoms with Gasteiger partial charge in [0.25, 0.3) is 0 Å². The van der Waals surface area contributed by atoms with Crippen molar-refractivity contribution < 1.29 is 4.74 Å². The molecule has 0 saturated carbocycles. The molecule has 2 heterocycles. The smallest absolute Gasteiger partial charge is 0.0776 e. The number of aromatic nitrogens is 2. The fraction of sp³-hybridized carbons (Fsp3) is 0.786. The van der Waals surface area contributed by atoms with E-state index in [2.05, 4.69) is 51.8 Å². The summed E-state index contributed by atoms with van der Waals surface area (Å²) >= 11 is 3.57. The summed E-state index contributed by atoms with van der Waals surface area (Å²) in [4.78, 5) is 0. The van der Waals surface area contributed by atoms with Crippen molar-refractivity contribution in [2.45, 2.75) is 65.3 Å². The second-order valence-corrected chi connectivity index (χ2v) is 6.48. The van der Waals surface area contributed by atoms with Gasteiger partial charge in [-0.3, -0.25) is 4.68 Å². The van der Waals surface area contributed by atoms with E-state index in [0.29, 0.717) is 18.2 Å². The second kappa shape index (κ2) is 6.37. The van der Waals surface area contributed by atoms with Crippen molar-refractivity contribution in [2.75, 3.05) is 6.54 Å². The quantitative estimate of drug-likeness (QED) is 0.902. The van der Waals surface area contributed by atoms with E-state index in [1.54, 1.807) is 0 Å². The average molecular weight is 330 g/mol. The second-order valence-electron chi connectivity index (χ2n) is 5.69. The number of nitrogens with one attached hydrogen (secondary N) is 1. The fourth-order valence-corrected chi connectivity index (χ4v) is 2.76. The SMILES string of the molecule is Cc1nn(CC2CCC(CNC(C)C)O2)c(C)c1Br. The zero-order valence-corrected chi connectivity index (χ0v) is 13.8. The van der Waals surface area contributed by atoms with E-state index < -0.39 is 0 Å². The van der Waals surface area contributed by atoms with Crippen LogP contribution in [0.15, 0.2) is 4.47 Å². The summed E-state index contributed by atoms with van der Waals surface area (Å²) in [5.41, 5.74) is 2.23. The minimum atomic E-state index is 0.295. The van der Waals surface area contributed by atoms with E-state index in [9.17, 15) is 0 Å². The molecule has 1 aliphatic heterocycles. The van der Waals surface area contributed by atoms with Crippen LogP contribution >= 0.6 is 15.9 Å². The Morgan fingerprint density at radius 1 is 1.37 bits per heavy atom. The van der Waals surface area contributed by atoms with Crippen LogP contribution < -0.4 is 5.32 Å². The molecule has 1 aromatic heterocycles. The van der Waals surface area contributed by atoms with Gasteiger partial charge < -0.3 is 10.1 Å². The van der Waals surface area contributed by atoms with Gasteiger partial charge in [0.1, 0.15) is 0 Å². The predicted octanol–water partition coefficient (Wildman–Crippen LogP) is 2.81. The highest BCUT2D eigenvalue weighted by Crippen LogP contribution is 2.24. The van der Waals surface area contributed by atoms with Crippen molar-refractivity contribution in [2.24, 2.45) is 0 Å². The Kier molecular flexibility index (Phi) is 5.03. The first-order chi connectivity index (χ1) is 8.97. The van der Waals surface area contributed by atoms with Crippen LogP contribution in [0, 0.1) is 13.8 Å². The monoisotopic (exact) mass is 329 g/mol. The Morgan fingerprint density at radius 3 is 2.63 bits per heavy atom. The van der Waals surface area contributed by atoms with Gasteiger partial charge in [-0.25, -0.2) is 0 Å². The lowest BCUT2D eigenvalue weighted by Gasteiger charge is -2.16. The maximum atomic E-state index is 6.08. The Labute approximate surface area is 124 Å². The molecule has 108 valence electrons. The zero-order chi connectivity index (χ0) is 14.0. The molecular formula is C14H24BrN3O. The normalized spacial score (nSPS) is 23.5. The number of halogens is 1. The molecule has 0 bridgehead atoms. The van der Waals surface area contributed by atoms with Crippen molar-refractivity contribution in [1.82, 2.24) is 15.1 Å². The number of ether oxygens (including phenoxy) is 1. The van der Waals surface area contributed by atoms with E-state index in [4.69, 9.17) is 4.74 Å². The van der Waals surface area contributed by atoms with Crippen LogP contribution in [0.25, 0.3) is 0 Å². The summed E-state index contributed by atoms with van der Waals surface area (Å²) in [6.45, 7) is 10.3. The van der Waals surface area contributed by atoms with Gasteiger partial charge in [-0.1, -0.05) is 13.8 Å². The van der Waals surface area contributed by atoms with Crippen LogP contribution in [0.5, 0.6) is 0 Å². The maximum absolute atomic E-state index is 6.08. The number of hydrogen-bond acceptors (Lipinski definition) is 3. The molecule has 2 atom stereocenters. The van der Waals surface area contributed by atoms with Gasteiger partial charge in [0.2, 0.25) is 0 Å². The van der Waals surface area contributed by atoms with Crippen molar-refractivity contribution in [3.63, 3.8) is 0 Å². The van der Waals surface area contributed by atoms with Crippen LogP contribution in [0.2, 0.25) is 0 Å². The summed E-state index contributed by atoms with van der Waals surface area (Å²) in [7, 11) is 0. The van der Waals surface area contributed by atoms with E-state index in [1.165, 1.54) is 5.69 Å². The highest BCUT2D eigenvalue weighted by molar-refractivity contribution is 9.10. The third-order valence-corrected chi connectivity index (χ3v) is 4.77. The minimum absolute atomic E-state index is 0.295. The molecular weight excluding hydrogens is 306 g/mol. The molecule has 1 aromatic rings. The molecule has 2 rings (SSSR count). The van der Waals surface area contributed by atoms with E-state index in [-0.39, 0.29) is 0 Å². The summed E-state index contributed by atoms with van der Waals surface area (Å²) in [5, 5.41) is 7.99. The van der Waals surface area contributed by atoms with Crippen LogP contribution in [-0.4, -0.2) is 34.6 Å². The van der Waals surface area contributed by atoms with Gasteiger partial charge >= 0.3 is 0 Å². The number of rotatable bonds is 5. The van der Waals surface area contributed by atoms with Crippen LogP contribution in [0.4, 0.5) is 0 Å². The molecule has 1 aliphatic rings. The molecule has 0 aromatic carbocycles. The molecule has 2 unspecified atom stereocenters. The molecule has 19 heavy (non-hydrogen) atoms. The summed E-state index contributed by atoms with van der Waals surface area (Å²) < 4.78 is 9.25. The number of nitrogens with zero attached hydrogens (tertiary/aromatic N) is 2. The highest BCUT2D eigenvalue weighted by atomic mass is 79.9. The largest absolute Gasteiger partial charge is 0.372 e. The lowest BCUT2D eigenvalue weighted by molar-refractivity contribution is 0.0329. The molecule has 0 aliphatic carbocycles. The third-order valence-electron chi connectivity index (χ3n) is 3.62. The lowest BCUT2D eigenvalue weighted by Crippen LogP contribution is -2.32. The molecule has 1 N–H and O–H groups in total. The first-order valence-electron chi connectivity index (χ1n) is 7.05. The summed E-state index contributed by atoms with van der Waals surface area (Å²) in [6.07, 6.45) is 2.92. The Hall–Kier alpha value is -0.390. The standard InChI is InChI=1S/C14H24BrN3O/c1-9(2)16-7-12-5-6-13(19-12)8-18-11(4)14(15)10(3)17-18/h9,12-13,16H,5-8H2,1-4H3. The third kappa shape index (κ3) is 3.80. The Morgan fingerprint density at radius 2 is 2.05 bits per heavy atom. The summed E-state index contributed by atoms with van der Waals surface area (Å²) in [6, 6.07) is 0.523. The molecule has 4 nitrogen and oxygen atoms in total. The summed E-state index contributed by atoms with van der Waals surface area (Å²) in [5.74, 6) is 0. The van der Waals surface area contributed by atoms with Gasteiger partial charge in [-0.2, -0.15) is 5.10 Å². The van der Waals surface area contributed by atoms with Crippen molar-refractivity contribution >= 4 is 15.9 Å². The topological polar surface area (TPSA) is 39.1 Å². The van der Waals surface area contributed by atoms with E-state index >= 15 is 0 Å². The molecule has 1 fully saturated rings.